The van der Waals surface area contributed by atoms with Crippen LogP contribution in [0.5, 0.6) is 0 Å². The third-order valence-corrected chi connectivity index (χ3v) is 4.41. The summed E-state index contributed by atoms with van der Waals surface area (Å²) in [5, 5.41) is 11.0. The van der Waals surface area contributed by atoms with Crippen molar-refractivity contribution in [1.29, 1.82) is 0 Å². The number of ether oxygens (including phenoxy) is 1. The topological polar surface area (TPSA) is 46.5 Å². The van der Waals surface area contributed by atoms with Gasteiger partial charge in [-0.25, -0.2) is 0 Å². The summed E-state index contributed by atoms with van der Waals surface area (Å²) in [6.45, 7) is 8.47. The van der Waals surface area contributed by atoms with Gasteiger partial charge in [0.25, 0.3) is 0 Å². The van der Waals surface area contributed by atoms with Gasteiger partial charge in [-0.15, -0.1) is 0 Å². The highest BCUT2D eigenvalue weighted by molar-refractivity contribution is 5.74. The van der Waals surface area contributed by atoms with Gasteiger partial charge in [-0.2, -0.15) is 0 Å². The number of hydrogen-bond donors (Lipinski definition) is 1. The van der Waals surface area contributed by atoms with Gasteiger partial charge >= 0.3 is 5.97 Å². The van der Waals surface area contributed by atoms with Crippen molar-refractivity contribution in [3.8, 4) is 0 Å². The number of methoxy groups -OCH3 is 1. The molecule has 0 spiro atoms. The Balaban J connectivity index is 2.93. The van der Waals surface area contributed by atoms with Crippen LogP contribution >= 0.6 is 0 Å². The van der Waals surface area contributed by atoms with E-state index < -0.39 is 5.60 Å². The van der Waals surface area contributed by atoms with E-state index >= 15 is 0 Å². The van der Waals surface area contributed by atoms with Crippen LogP contribution in [0.2, 0.25) is 0 Å². The summed E-state index contributed by atoms with van der Waals surface area (Å²) in [5.41, 5.74) is -0.793. The molecule has 1 N–H and O–H groups in total. The average Bonchev–Trinajstić information content (AvgIpc) is 2.48. The van der Waals surface area contributed by atoms with Crippen molar-refractivity contribution in [2.24, 2.45) is 17.3 Å². The first-order chi connectivity index (χ1) is 8.27. The molecular weight excluding hydrogens is 228 g/mol. The van der Waals surface area contributed by atoms with Gasteiger partial charge < -0.3 is 9.84 Å². The molecule has 1 aliphatic carbocycles. The number of rotatable bonds is 5. The van der Waals surface area contributed by atoms with E-state index in [0.29, 0.717) is 6.42 Å². The minimum absolute atomic E-state index is 0.104. The fraction of sp³-hybridized carbons (Fsp3) is 0.933. The maximum Gasteiger partial charge on any atom is 0.311 e. The predicted octanol–water partition coefficient (Wildman–Crippen LogP) is 3.15. The molecule has 0 aliphatic heterocycles. The smallest absolute Gasteiger partial charge is 0.311 e. The lowest BCUT2D eigenvalue weighted by Crippen LogP contribution is -2.45. The van der Waals surface area contributed by atoms with Crippen LogP contribution in [-0.2, 0) is 9.53 Å². The number of hydrogen-bond acceptors (Lipinski definition) is 3. The van der Waals surface area contributed by atoms with Crippen LogP contribution in [0.1, 0.15) is 59.8 Å². The third kappa shape index (κ3) is 3.05. The van der Waals surface area contributed by atoms with Gasteiger partial charge in [0.1, 0.15) is 0 Å². The molecule has 0 saturated heterocycles. The van der Waals surface area contributed by atoms with E-state index in [1.807, 2.05) is 0 Å². The molecule has 0 radical (unpaired) electrons. The van der Waals surface area contributed by atoms with Crippen molar-refractivity contribution in [2.75, 3.05) is 7.11 Å². The summed E-state index contributed by atoms with van der Waals surface area (Å²) in [4.78, 5) is 12.0. The van der Waals surface area contributed by atoms with Crippen LogP contribution in [-0.4, -0.2) is 23.8 Å². The third-order valence-electron chi connectivity index (χ3n) is 4.41. The minimum atomic E-state index is -0.897. The van der Waals surface area contributed by atoms with Crippen molar-refractivity contribution in [3.05, 3.63) is 0 Å². The maximum absolute atomic E-state index is 12.0. The molecule has 0 amide bonds. The molecule has 106 valence electrons. The molecule has 1 saturated carbocycles. The lowest BCUT2D eigenvalue weighted by Gasteiger charge is -2.35. The first kappa shape index (κ1) is 15.5. The molecule has 0 heterocycles. The zero-order chi connectivity index (χ0) is 14.0. The van der Waals surface area contributed by atoms with Gasteiger partial charge in [0.05, 0.1) is 18.6 Å². The Bertz CT molecular complexity index is 298. The Kier molecular flexibility index (Phi) is 4.82. The Morgan fingerprint density at radius 2 is 2.11 bits per heavy atom. The molecule has 0 aromatic heterocycles. The van der Waals surface area contributed by atoms with Crippen molar-refractivity contribution in [3.63, 3.8) is 0 Å². The lowest BCUT2D eigenvalue weighted by molar-refractivity contribution is -0.159. The number of esters is 1. The largest absolute Gasteiger partial charge is 0.469 e. The second-order valence-corrected chi connectivity index (χ2v) is 6.66. The van der Waals surface area contributed by atoms with Gasteiger partial charge in [-0.1, -0.05) is 40.5 Å². The van der Waals surface area contributed by atoms with E-state index in [1.165, 1.54) is 7.11 Å². The van der Waals surface area contributed by atoms with E-state index in [-0.39, 0.29) is 23.2 Å². The quantitative estimate of drug-likeness (QED) is 0.769. The molecule has 1 fully saturated rings. The normalized spacial score (nSPS) is 32.2. The summed E-state index contributed by atoms with van der Waals surface area (Å²) >= 11 is 0. The molecule has 3 atom stereocenters. The van der Waals surface area contributed by atoms with Crippen LogP contribution in [0, 0.1) is 17.3 Å². The second kappa shape index (κ2) is 5.60. The molecule has 1 rings (SSSR count). The molecule has 3 heteroatoms. The molecular formula is C15H28O3. The fourth-order valence-corrected chi connectivity index (χ4v) is 3.61. The standard InChI is InChI=1S/C15H28O3/c1-6-7-8-12(13(16)18-5)15(17)10-14(3,4)9-11(15)2/h11-12,17H,6-10H2,1-5H3. The first-order valence-electron chi connectivity index (χ1n) is 7.07. The molecule has 0 aromatic carbocycles. The molecule has 0 bridgehead atoms. The van der Waals surface area contributed by atoms with Gasteiger partial charge in [-0.3, -0.25) is 4.79 Å². The molecule has 0 aromatic rings. The van der Waals surface area contributed by atoms with Crippen LogP contribution in [0.4, 0.5) is 0 Å². The predicted molar refractivity (Wildman–Crippen MR) is 72.2 cm³/mol. The minimum Gasteiger partial charge on any atom is -0.469 e. The molecule has 1 aliphatic rings. The second-order valence-electron chi connectivity index (χ2n) is 6.66. The van der Waals surface area contributed by atoms with Gasteiger partial charge in [-0.05, 0) is 30.6 Å². The Morgan fingerprint density at radius 1 is 1.50 bits per heavy atom. The van der Waals surface area contributed by atoms with Crippen LogP contribution in [0.25, 0.3) is 0 Å². The first-order valence-corrected chi connectivity index (χ1v) is 7.07. The summed E-state index contributed by atoms with van der Waals surface area (Å²) in [6.07, 6.45) is 4.35. The highest BCUT2D eigenvalue weighted by Crippen LogP contribution is 2.51. The number of carbonyl (C=O) groups is 1. The van der Waals surface area contributed by atoms with Crippen molar-refractivity contribution >= 4 is 5.97 Å². The summed E-state index contributed by atoms with van der Waals surface area (Å²) in [5.74, 6) is -0.483. The molecule has 18 heavy (non-hydrogen) atoms. The highest BCUT2D eigenvalue weighted by Gasteiger charge is 2.54. The SMILES string of the molecule is CCCCC(C(=O)OC)C1(O)CC(C)(C)CC1C. The summed E-state index contributed by atoms with van der Waals surface area (Å²) < 4.78 is 4.90. The molecule has 3 unspecified atom stereocenters. The van der Waals surface area contributed by atoms with Crippen LogP contribution in [0.3, 0.4) is 0 Å². The number of aliphatic hydroxyl groups is 1. The zero-order valence-corrected chi connectivity index (χ0v) is 12.5. The number of carbonyl (C=O) groups excluding carboxylic acids is 1. The fourth-order valence-electron chi connectivity index (χ4n) is 3.61. The van der Waals surface area contributed by atoms with Gasteiger partial charge in [0, 0.05) is 0 Å². The van der Waals surface area contributed by atoms with E-state index in [4.69, 9.17) is 4.74 Å². The van der Waals surface area contributed by atoms with E-state index in [2.05, 4.69) is 27.7 Å². The molecule has 3 nitrogen and oxygen atoms in total. The van der Waals surface area contributed by atoms with E-state index in [0.717, 1.165) is 25.7 Å². The number of unbranched alkanes of at least 4 members (excludes halogenated alkanes) is 1. The zero-order valence-electron chi connectivity index (χ0n) is 12.5. The van der Waals surface area contributed by atoms with Crippen LogP contribution in [0.15, 0.2) is 0 Å². The average molecular weight is 256 g/mol. The van der Waals surface area contributed by atoms with Gasteiger partial charge in [0.2, 0.25) is 0 Å². The highest BCUT2D eigenvalue weighted by atomic mass is 16.5. The Hall–Kier alpha value is -0.570. The Morgan fingerprint density at radius 3 is 2.50 bits per heavy atom. The van der Waals surface area contributed by atoms with E-state index in [1.54, 1.807) is 0 Å². The maximum atomic E-state index is 12.0. The summed E-state index contributed by atoms with van der Waals surface area (Å²) in [7, 11) is 1.41. The monoisotopic (exact) mass is 256 g/mol. The summed E-state index contributed by atoms with van der Waals surface area (Å²) in [6, 6.07) is 0. The van der Waals surface area contributed by atoms with Crippen LogP contribution < -0.4 is 0 Å². The lowest BCUT2D eigenvalue weighted by atomic mass is 9.76. The van der Waals surface area contributed by atoms with E-state index in [9.17, 15) is 9.90 Å². The Labute approximate surface area is 111 Å². The van der Waals surface area contributed by atoms with Crippen molar-refractivity contribution in [1.82, 2.24) is 0 Å². The van der Waals surface area contributed by atoms with Crippen molar-refractivity contribution < 1.29 is 14.6 Å². The van der Waals surface area contributed by atoms with Crippen molar-refractivity contribution in [2.45, 2.75) is 65.4 Å². The van der Waals surface area contributed by atoms with Gasteiger partial charge in [0.15, 0.2) is 0 Å².